The van der Waals surface area contributed by atoms with Crippen LogP contribution in [0.2, 0.25) is 0 Å². The summed E-state index contributed by atoms with van der Waals surface area (Å²) in [5, 5.41) is 11.4. The van der Waals surface area contributed by atoms with Crippen LogP contribution < -0.4 is 5.32 Å². The van der Waals surface area contributed by atoms with Crippen LogP contribution >= 0.6 is 0 Å². The van der Waals surface area contributed by atoms with Crippen molar-refractivity contribution in [2.45, 2.75) is 17.9 Å². The lowest BCUT2D eigenvalue weighted by Crippen LogP contribution is -2.30. The summed E-state index contributed by atoms with van der Waals surface area (Å²) < 4.78 is 16.9. The van der Waals surface area contributed by atoms with E-state index in [0.717, 1.165) is 0 Å². The van der Waals surface area contributed by atoms with E-state index in [2.05, 4.69) is 5.32 Å². The number of ether oxygens (including phenoxy) is 1. The quantitative estimate of drug-likeness (QED) is 0.830. The molecule has 0 radical (unpaired) electrons. The second-order valence-corrected chi connectivity index (χ2v) is 6.53. The third-order valence-electron chi connectivity index (χ3n) is 3.33. The molecule has 0 saturated heterocycles. The fourth-order valence-corrected chi connectivity index (χ4v) is 2.81. The van der Waals surface area contributed by atoms with E-state index < -0.39 is 28.8 Å². The molecule has 0 saturated carbocycles. The number of nitrogens with one attached hydrogen (secondary N) is 1. The first-order valence-electron chi connectivity index (χ1n) is 7.37. The average Bonchev–Trinajstić information content (AvgIpc) is 2.61. The van der Waals surface area contributed by atoms with E-state index in [1.54, 1.807) is 36.4 Å². The smallest absolute Gasteiger partial charge is 0.340 e. The van der Waals surface area contributed by atoms with Crippen molar-refractivity contribution in [3.63, 3.8) is 0 Å². The Kier molecular flexibility index (Phi) is 6.03. The van der Waals surface area contributed by atoms with Gasteiger partial charge < -0.3 is 10.1 Å². The Balaban J connectivity index is 2.07. The molecule has 2 aromatic carbocycles. The number of carbonyl (C=O) groups is 2. The van der Waals surface area contributed by atoms with Gasteiger partial charge in [0, 0.05) is 11.9 Å². The number of carbonyl (C=O) groups excluding carboxylic acids is 2. The molecule has 0 fully saturated rings. The van der Waals surface area contributed by atoms with Crippen molar-refractivity contribution in [2.75, 3.05) is 11.6 Å². The molecule has 0 bridgehead atoms. The molecule has 0 aliphatic heterocycles. The number of nitriles is 1. The van der Waals surface area contributed by atoms with Gasteiger partial charge in [0.15, 0.2) is 6.10 Å². The topological polar surface area (TPSA) is 96.3 Å². The van der Waals surface area contributed by atoms with Gasteiger partial charge in [-0.2, -0.15) is 5.26 Å². The van der Waals surface area contributed by atoms with Gasteiger partial charge in [-0.05, 0) is 37.3 Å². The van der Waals surface area contributed by atoms with Gasteiger partial charge in [-0.25, -0.2) is 4.79 Å². The Morgan fingerprint density at radius 3 is 2.60 bits per heavy atom. The standard InChI is InChI=1S/C18H16N2O4S/c1-12(17(21)20-14-7-5-6-13(10-14)11-19)24-18(22)15-8-3-4-9-16(15)25(2)23/h3-10,12H,1-2H3,(H,20,21)/t12-,25-/m1/s1. The number of anilines is 1. The van der Waals surface area contributed by atoms with Crippen molar-refractivity contribution < 1.29 is 18.5 Å². The summed E-state index contributed by atoms with van der Waals surface area (Å²) in [5.74, 6) is -1.25. The molecule has 1 amide bonds. The fourth-order valence-electron chi connectivity index (χ4n) is 2.07. The van der Waals surface area contributed by atoms with Crippen LogP contribution in [0, 0.1) is 11.3 Å². The maximum atomic E-state index is 12.3. The first kappa shape index (κ1) is 18.4. The Bertz CT molecular complexity index is 873. The molecular weight excluding hydrogens is 340 g/mol. The molecule has 128 valence electrons. The SMILES string of the molecule is C[C@@H](OC(=O)c1ccccc1[S@@](C)=O)C(=O)Nc1cccc(C#N)c1. The fraction of sp³-hybridized carbons (Fsp3) is 0.167. The maximum Gasteiger partial charge on any atom is 0.340 e. The van der Waals surface area contributed by atoms with E-state index in [-0.39, 0.29) is 5.56 Å². The van der Waals surface area contributed by atoms with Crippen molar-refractivity contribution in [1.29, 1.82) is 5.26 Å². The zero-order chi connectivity index (χ0) is 18.4. The van der Waals surface area contributed by atoms with Crippen LogP contribution in [0.4, 0.5) is 5.69 Å². The molecule has 0 aliphatic carbocycles. The molecule has 1 N–H and O–H groups in total. The van der Waals surface area contributed by atoms with Crippen molar-refractivity contribution in [2.24, 2.45) is 0 Å². The summed E-state index contributed by atoms with van der Waals surface area (Å²) in [6, 6.07) is 14.7. The van der Waals surface area contributed by atoms with Crippen molar-refractivity contribution >= 4 is 28.4 Å². The minimum Gasteiger partial charge on any atom is -0.449 e. The van der Waals surface area contributed by atoms with Gasteiger partial charge in [0.05, 0.1) is 32.9 Å². The first-order valence-corrected chi connectivity index (χ1v) is 8.92. The van der Waals surface area contributed by atoms with Crippen molar-refractivity contribution in [1.82, 2.24) is 0 Å². The van der Waals surface area contributed by atoms with Crippen LogP contribution in [0.3, 0.4) is 0 Å². The molecule has 25 heavy (non-hydrogen) atoms. The van der Waals surface area contributed by atoms with Gasteiger partial charge >= 0.3 is 5.97 Å². The van der Waals surface area contributed by atoms with Crippen LogP contribution in [0.25, 0.3) is 0 Å². The van der Waals surface area contributed by atoms with Crippen LogP contribution in [0.15, 0.2) is 53.4 Å². The van der Waals surface area contributed by atoms with E-state index in [4.69, 9.17) is 10.00 Å². The Labute approximate surface area is 147 Å². The third kappa shape index (κ3) is 4.75. The van der Waals surface area contributed by atoms with Crippen molar-refractivity contribution in [3.05, 3.63) is 59.7 Å². The molecule has 2 atom stereocenters. The van der Waals surface area contributed by atoms with Crippen LogP contribution in [0.1, 0.15) is 22.8 Å². The summed E-state index contributed by atoms with van der Waals surface area (Å²) in [5.41, 5.74) is 0.998. The molecular formula is C18H16N2O4S. The van der Waals surface area contributed by atoms with Crippen LogP contribution in [-0.4, -0.2) is 28.4 Å². The molecule has 0 unspecified atom stereocenters. The number of hydrogen-bond acceptors (Lipinski definition) is 5. The number of benzene rings is 2. The zero-order valence-electron chi connectivity index (χ0n) is 13.7. The van der Waals surface area contributed by atoms with E-state index >= 15 is 0 Å². The monoisotopic (exact) mass is 356 g/mol. The summed E-state index contributed by atoms with van der Waals surface area (Å²) in [6.07, 6.45) is 0.404. The lowest BCUT2D eigenvalue weighted by molar-refractivity contribution is -0.123. The number of nitrogens with zero attached hydrogens (tertiary/aromatic N) is 1. The highest BCUT2D eigenvalue weighted by molar-refractivity contribution is 7.84. The van der Waals surface area contributed by atoms with Gasteiger partial charge in [-0.1, -0.05) is 18.2 Å². The van der Waals surface area contributed by atoms with Gasteiger partial charge in [-0.3, -0.25) is 9.00 Å². The van der Waals surface area contributed by atoms with Crippen LogP contribution in [-0.2, 0) is 20.3 Å². The summed E-state index contributed by atoms with van der Waals surface area (Å²) in [7, 11) is -1.35. The average molecular weight is 356 g/mol. The second-order valence-electron chi connectivity index (χ2n) is 5.18. The Morgan fingerprint density at radius 1 is 1.20 bits per heavy atom. The number of amides is 1. The summed E-state index contributed by atoms with van der Waals surface area (Å²) >= 11 is 0. The van der Waals surface area contributed by atoms with E-state index in [9.17, 15) is 13.8 Å². The van der Waals surface area contributed by atoms with E-state index in [1.807, 2.05) is 6.07 Å². The highest BCUT2D eigenvalue weighted by Crippen LogP contribution is 2.15. The zero-order valence-corrected chi connectivity index (χ0v) is 14.5. The second kappa shape index (κ2) is 8.22. The van der Waals surface area contributed by atoms with Gasteiger partial charge in [0.25, 0.3) is 5.91 Å². The molecule has 2 rings (SSSR count). The predicted octanol–water partition coefficient (Wildman–Crippen LogP) is 2.48. The Hall–Kier alpha value is -2.98. The molecule has 0 heterocycles. The molecule has 0 aromatic heterocycles. The first-order chi connectivity index (χ1) is 11.9. The highest BCUT2D eigenvalue weighted by Gasteiger charge is 2.21. The summed E-state index contributed by atoms with van der Waals surface area (Å²) in [4.78, 5) is 24.8. The minimum atomic E-state index is -1.35. The normalized spacial score (nSPS) is 12.5. The molecule has 0 aliphatic rings. The van der Waals surface area contributed by atoms with Crippen molar-refractivity contribution in [3.8, 4) is 6.07 Å². The predicted molar refractivity (Wildman–Crippen MR) is 93.4 cm³/mol. The van der Waals surface area contributed by atoms with Gasteiger partial charge in [-0.15, -0.1) is 0 Å². The molecule has 0 spiro atoms. The molecule has 7 heteroatoms. The highest BCUT2D eigenvalue weighted by atomic mass is 32.2. The third-order valence-corrected chi connectivity index (χ3v) is 4.30. The molecule has 2 aromatic rings. The number of hydrogen-bond donors (Lipinski definition) is 1. The number of esters is 1. The minimum absolute atomic E-state index is 0.162. The maximum absolute atomic E-state index is 12.3. The number of rotatable bonds is 5. The Morgan fingerprint density at radius 2 is 1.92 bits per heavy atom. The lowest BCUT2D eigenvalue weighted by Gasteiger charge is -2.14. The van der Waals surface area contributed by atoms with Gasteiger partial charge in [0.1, 0.15) is 0 Å². The lowest BCUT2D eigenvalue weighted by atomic mass is 10.2. The van der Waals surface area contributed by atoms with Crippen LogP contribution in [0.5, 0.6) is 0 Å². The molecule has 6 nitrogen and oxygen atoms in total. The van der Waals surface area contributed by atoms with E-state index in [0.29, 0.717) is 16.1 Å². The largest absolute Gasteiger partial charge is 0.449 e. The van der Waals surface area contributed by atoms with E-state index in [1.165, 1.54) is 25.3 Å². The summed E-state index contributed by atoms with van der Waals surface area (Å²) in [6.45, 7) is 1.44. The van der Waals surface area contributed by atoms with Gasteiger partial charge in [0.2, 0.25) is 0 Å².